The number of aromatic amines is 1. The molecule has 1 aromatic carbocycles. The minimum absolute atomic E-state index is 0.129. The normalized spacial score (nSPS) is 17.3. The van der Waals surface area contributed by atoms with Crippen LogP contribution in [0.25, 0.3) is 10.9 Å². The van der Waals surface area contributed by atoms with Gasteiger partial charge in [-0.3, -0.25) is 9.59 Å². The minimum atomic E-state index is -0.129. The summed E-state index contributed by atoms with van der Waals surface area (Å²) in [6.07, 6.45) is 6.69. The number of aromatic nitrogens is 1. The lowest BCUT2D eigenvalue weighted by atomic mass is 9.93. The summed E-state index contributed by atoms with van der Waals surface area (Å²) < 4.78 is 5.01. The first-order valence-corrected chi connectivity index (χ1v) is 10.1. The van der Waals surface area contributed by atoms with Crippen LogP contribution in [0.2, 0.25) is 0 Å². The summed E-state index contributed by atoms with van der Waals surface area (Å²) in [4.78, 5) is 29.6. The highest BCUT2D eigenvalue weighted by atomic mass is 16.5. The number of hydrogen-bond acceptors (Lipinski definition) is 3. The van der Waals surface area contributed by atoms with Crippen LogP contribution in [0.1, 0.15) is 50.2 Å². The predicted octanol–water partition coefficient (Wildman–Crippen LogP) is 3.99. The maximum Gasteiger partial charge on any atom is 0.305 e. The molecule has 2 heterocycles. The third-order valence-electron chi connectivity index (χ3n) is 5.55. The van der Waals surface area contributed by atoms with Gasteiger partial charge in [-0.1, -0.05) is 18.2 Å². The zero-order chi connectivity index (χ0) is 19.2. The van der Waals surface area contributed by atoms with E-state index in [9.17, 15) is 9.59 Å². The number of fused-ring (bicyclic) bond motifs is 1. The number of carbonyl (C=O) groups is 2. The van der Waals surface area contributed by atoms with Crippen molar-refractivity contribution in [2.45, 2.75) is 52.4 Å². The Morgan fingerprint density at radius 1 is 1.30 bits per heavy atom. The second-order valence-corrected chi connectivity index (χ2v) is 7.50. The molecule has 0 bridgehead atoms. The number of hydrogen-bond donors (Lipinski definition) is 1. The summed E-state index contributed by atoms with van der Waals surface area (Å²) in [6, 6.07) is 6.28. The van der Waals surface area contributed by atoms with Gasteiger partial charge in [-0.15, -0.1) is 0 Å². The number of ether oxygens (including phenoxy) is 1. The number of piperidine rings is 1. The molecule has 27 heavy (non-hydrogen) atoms. The van der Waals surface area contributed by atoms with Crippen molar-refractivity contribution in [3.63, 3.8) is 0 Å². The van der Waals surface area contributed by atoms with Crippen LogP contribution in [0.5, 0.6) is 0 Å². The summed E-state index contributed by atoms with van der Waals surface area (Å²) in [5, 5.41) is 1.22. The first kappa shape index (κ1) is 19.5. The summed E-state index contributed by atoms with van der Waals surface area (Å²) in [7, 11) is 0. The van der Waals surface area contributed by atoms with E-state index < -0.39 is 0 Å². The number of aryl methyl sites for hydroxylation is 2. The molecule has 0 spiro atoms. The molecule has 5 heteroatoms. The molecule has 2 aromatic rings. The molecule has 1 N–H and O–H groups in total. The first-order chi connectivity index (χ1) is 13.1. The fourth-order valence-corrected chi connectivity index (χ4v) is 4.05. The molecular formula is C22H30N2O3. The molecule has 0 aliphatic carbocycles. The Labute approximate surface area is 161 Å². The largest absolute Gasteiger partial charge is 0.466 e. The lowest BCUT2D eigenvalue weighted by Crippen LogP contribution is -2.40. The van der Waals surface area contributed by atoms with Crippen molar-refractivity contribution in [3.8, 4) is 0 Å². The van der Waals surface area contributed by atoms with Crippen molar-refractivity contribution in [2.24, 2.45) is 5.92 Å². The second-order valence-electron chi connectivity index (χ2n) is 7.50. The van der Waals surface area contributed by atoms with Crippen molar-refractivity contribution in [2.75, 3.05) is 19.7 Å². The van der Waals surface area contributed by atoms with Crippen LogP contribution in [-0.4, -0.2) is 41.5 Å². The summed E-state index contributed by atoms with van der Waals surface area (Å²) in [5.41, 5.74) is 3.60. The molecule has 1 amide bonds. The number of nitrogens with zero attached hydrogens (tertiary/aromatic N) is 1. The van der Waals surface area contributed by atoms with Crippen LogP contribution < -0.4 is 0 Å². The minimum Gasteiger partial charge on any atom is -0.466 e. The highest BCUT2D eigenvalue weighted by Gasteiger charge is 2.24. The maximum absolute atomic E-state index is 12.7. The average molecular weight is 370 g/mol. The van der Waals surface area contributed by atoms with Gasteiger partial charge in [-0.05, 0) is 56.6 Å². The van der Waals surface area contributed by atoms with Crippen molar-refractivity contribution in [1.82, 2.24) is 9.88 Å². The monoisotopic (exact) mass is 370 g/mol. The molecule has 1 aliphatic heterocycles. The van der Waals surface area contributed by atoms with E-state index >= 15 is 0 Å². The lowest BCUT2D eigenvalue weighted by Gasteiger charge is -2.32. The average Bonchev–Trinajstić information content (AvgIpc) is 3.09. The number of amides is 1. The summed E-state index contributed by atoms with van der Waals surface area (Å²) >= 11 is 0. The lowest BCUT2D eigenvalue weighted by molar-refractivity contribution is -0.143. The quantitative estimate of drug-likeness (QED) is 0.750. The Kier molecular flexibility index (Phi) is 6.54. The van der Waals surface area contributed by atoms with Crippen molar-refractivity contribution in [1.29, 1.82) is 0 Å². The van der Waals surface area contributed by atoms with Crippen LogP contribution in [0, 0.1) is 12.8 Å². The first-order valence-electron chi connectivity index (χ1n) is 10.1. The Morgan fingerprint density at radius 3 is 2.96 bits per heavy atom. The van der Waals surface area contributed by atoms with Gasteiger partial charge in [0.05, 0.1) is 6.61 Å². The zero-order valence-corrected chi connectivity index (χ0v) is 16.4. The highest BCUT2D eigenvalue weighted by molar-refractivity contribution is 5.86. The predicted molar refractivity (Wildman–Crippen MR) is 107 cm³/mol. The third kappa shape index (κ3) is 4.90. The Hall–Kier alpha value is -2.30. The van der Waals surface area contributed by atoms with E-state index in [2.05, 4.69) is 30.1 Å². The van der Waals surface area contributed by atoms with Gasteiger partial charge >= 0.3 is 5.97 Å². The van der Waals surface area contributed by atoms with E-state index in [4.69, 9.17) is 4.74 Å². The molecule has 1 fully saturated rings. The Morgan fingerprint density at radius 2 is 2.15 bits per heavy atom. The Balaban J connectivity index is 1.51. The topological polar surface area (TPSA) is 62.4 Å². The SMILES string of the molecule is CCOC(=O)CCC1CCCN(C(=O)CCc2c[nH]c3c(C)cccc23)C1. The van der Waals surface area contributed by atoms with E-state index in [1.165, 1.54) is 16.5 Å². The van der Waals surface area contributed by atoms with Gasteiger partial charge in [0.15, 0.2) is 0 Å². The van der Waals surface area contributed by atoms with Crippen LogP contribution in [0.3, 0.4) is 0 Å². The fourth-order valence-electron chi connectivity index (χ4n) is 4.05. The molecule has 3 rings (SSSR count). The standard InChI is InChI=1S/C22H30N2O3/c1-3-27-21(26)12-9-17-7-5-13-24(15-17)20(25)11-10-18-14-23-22-16(2)6-4-8-19(18)22/h4,6,8,14,17,23H,3,5,7,9-13,15H2,1-2H3. The molecule has 0 radical (unpaired) electrons. The van der Waals surface area contributed by atoms with E-state index in [0.717, 1.165) is 44.3 Å². The molecule has 1 aromatic heterocycles. The van der Waals surface area contributed by atoms with Gasteiger partial charge in [0.25, 0.3) is 0 Å². The molecule has 1 saturated heterocycles. The van der Waals surface area contributed by atoms with Gasteiger partial charge in [-0.2, -0.15) is 0 Å². The Bertz CT molecular complexity index is 796. The molecule has 146 valence electrons. The molecule has 1 atom stereocenters. The highest BCUT2D eigenvalue weighted by Crippen LogP contribution is 2.24. The second kappa shape index (κ2) is 9.07. The van der Waals surface area contributed by atoms with Gasteiger partial charge in [0.2, 0.25) is 5.91 Å². The molecule has 1 aliphatic rings. The van der Waals surface area contributed by atoms with E-state index in [1.807, 2.05) is 18.0 Å². The van der Waals surface area contributed by atoms with Gasteiger partial charge in [0.1, 0.15) is 0 Å². The number of nitrogens with one attached hydrogen (secondary N) is 1. The number of carbonyl (C=O) groups excluding carboxylic acids is 2. The maximum atomic E-state index is 12.7. The van der Waals surface area contributed by atoms with Crippen LogP contribution >= 0.6 is 0 Å². The zero-order valence-electron chi connectivity index (χ0n) is 16.4. The van der Waals surface area contributed by atoms with Crippen LogP contribution in [-0.2, 0) is 20.7 Å². The third-order valence-corrected chi connectivity index (χ3v) is 5.55. The summed E-state index contributed by atoms with van der Waals surface area (Å²) in [6.45, 7) is 5.96. The number of H-pyrrole nitrogens is 1. The molecule has 5 nitrogen and oxygen atoms in total. The van der Waals surface area contributed by atoms with Crippen molar-refractivity contribution < 1.29 is 14.3 Å². The number of rotatable bonds is 7. The van der Waals surface area contributed by atoms with Gasteiger partial charge in [0, 0.05) is 43.0 Å². The molecule has 0 saturated carbocycles. The fraction of sp³-hybridized carbons (Fsp3) is 0.545. The van der Waals surface area contributed by atoms with Crippen molar-refractivity contribution in [3.05, 3.63) is 35.5 Å². The molecular weight excluding hydrogens is 340 g/mol. The number of esters is 1. The number of benzene rings is 1. The van der Waals surface area contributed by atoms with E-state index in [0.29, 0.717) is 25.4 Å². The summed E-state index contributed by atoms with van der Waals surface area (Å²) in [5.74, 6) is 0.497. The van der Waals surface area contributed by atoms with Crippen molar-refractivity contribution >= 4 is 22.8 Å². The number of para-hydroxylation sites is 1. The van der Waals surface area contributed by atoms with Gasteiger partial charge in [-0.25, -0.2) is 0 Å². The number of likely N-dealkylation sites (tertiary alicyclic amines) is 1. The van der Waals surface area contributed by atoms with Gasteiger partial charge < -0.3 is 14.6 Å². The van der Waals surface area contributed by atoms with Crippen LogP contribution in [0.15, 0.2) is 24.4 Å². The van der Waals surface area contributed by atoms with Crippen LogP contribution in [0.4, 0.5) is 0 Å². The smallest absolute Gasteiger partial charge is 0.305 e. The van der Waals surface area contributed by atoms with E-state index in [1.54, 1.807) is 0 Å². The molecule has 1 unspecified atom stereocenters. The van der Waals surface area contributed by atoms with E-state index in [-0.39, 0.29) is 11.9 Å².